The molecule has 2 aliphatic rings. The summed E-state index contributed by atoms with van der Waals surface area (Å²) in [4.78, 5) is 38.5. The molecule has 2 fully saturated rings. The smallest absolute Gasteiger partial charge is 0.351 e. The van der Waals surface area contributed by atoms with Crippen LogP contribution in [0.25, 0.3) is 22.0 Å². The first-order valence-electron chi connectivity index (χ1n) is 14.5. The first-order valence-corrected chi connectivity index (χ1v) is 14.5. The van der Waals surface area contributed by atoms with Gasteiger partial charge >= 0.3 is 12.2 Å². The number of alkyl halides is 3. The van der Waals surface area contributed by atoms with Gasteiger partial charge in [0.15, 0.2) is 0 Å². The molecule has 0 saturated carbocycles. The third-order valence-corrected chi connectivity index (χ3v) is 8.16. The molecule has 3 N–H and O–H groups in total. The van der Waals surface area contributed by atoms with Gasteiger partial charge in [0, 0.05) is 36.3 Å². The lowest BCUT2D eigenvalue weighted by atomic mass is 9.97. The zero-order valence-corrected chi connectivity index (χ0v) is 24.3. The standard InChI is InChI=1S/C32H32F3N7O2/c1-19-3-4-21(29(43)39-27-17-23(32(33,34)35)6-8-28(27)42-14-11-36-31(42)44)16-25(19)20-5-7-26-22(15-20)18-37-30(40-26)38-24-9-12-41(2)13-10-24/h3-8,15-18,24H,9-14H2,1-2H3,(H,36,44)(H,39,43)(H,37,38,40). The number of carbonyl (C=O) groups excluding carboxylic acids is 2. The van der Waals surface area contributed by atoms with E-state index in [4.69, 9.17) is 4.98 Å². The van der Waals surface area contributed by atoms with E-state index in [-0.39, 0.29) is 23.5 Å². The molecule has 1 aromatic heterocycles. The Labute approximate surface area is 252 Å². The number of halogens is 3. The summed E-state index contributed by atoms with van der Waals surface area (Å²) in [6.07, 6.45) is -0.782. The van der Waals surface area contributed by atoms with Crippen LogP contribution >= 0.6 is 0 Å². The van der Waals surface area contributed by atoms with Crippen molar-refractivity contribution in [1.29, 1.82) is 0 Å². The van der Waals surface area contributed by atoms with Crippen molar-refractivity contribution in [2.24, 2.45) is 0 Å². The summed E-state index contributed by atoms with van der Waals surface area (Å²) < 4.78 is 40.6. The van der Waals surface area contributed by atoms with Gasteiger partial charge < -0.3 is 20.9 Å². The van der Waals surface area contributed by atoms with Crippen molar-refractivity contribution < 1.29 is 22.8 Å². The van der Waals surface area contributed by atoms with E-state index < -0.39 is 23.7 Å². The van der Waals surface area contributed by atoms with Gasteiger partial charge in [0.1, 0.15) is 0 Å². The molecule has 9 nitrogen and oxygen atoms in total. The summed E-state index contributed by atoms with van der Waals surface area (Å²) in [6, 6.07) is 13.8. The van der Waals surface area contributed by atoms with Gasteiger partial charge in [-0.15, -0.1) is 0 Å². The van der Waals surface area contributed by atoms with E-state index in [9.17, 15) is 22.8 Å². The van der Waals surface area contributed by atoms with Gasteiger partial charge in [0.2, 0.25) is 5.95 Å². The van der Waals surface area contributed by atoms with Crippen LogP contribution in [0.2, 0.25) is 0 Å². The second kappa shape index (κ2) is 11.8. The maximum atomic E-state index is 13.5. The van der Waals surface area contributed by atoms with Crippen LogP contribution in [0, 0.1) is 6.92 Å². The lowest BCUT2D eigenvalue weighted by Gasteiger charge is -2.29. The summed E-state index contributed by atoms with van der Waals surface area (Å²) in [5.41, 5.74) is 2.75. The molecule has 0 aliphatic carbocycles. The number of nitrogens with one attached hydrogen (secondary N) is 3. The number of rotatable bonds is 6. The third-order valence-electron chi connectivity index (χ3n) is 8.16. The normalized spacial score (nSPS) is 16.3. The predicted octanol–water partition coefficient (Wildman–Crippen LogP) is 5.91. The molecular formula is C32H32F3N7O2. The lowest BCUT2D eigenvalue weighted by Crippen LogP contribution is -2.37. The Kier molecular flexibility index (Phi) is 7.85. The van der Waals surface area contributed by atoms with Crippen molar-refractivity contribution in [3.63, 3.8) is 0 Å². The highest BCUT2D eigenvalue weighted by atomic mass is 19.4. The lowest BCUT2D eigenvalue weighted by molar-refractivity contribution is -0.137. The van der Waals surface area contributed by atoms with Gasteiger partial charge in [0.25, 0.3) is 5.91 Å². The number of urea groups is 1. The molecule has 44 heavy (non-hydrogen) atoms. The molecule has 0 unspecified atom stereocenters. The highest BCUT2D eigenvalue weighted by Gasteiger charge is 2.33. The molecular weight excluding hydrogens is 571 g/mol. The van der Waals surface area contributed by atoms with Gasteiger partial charge in [0.05, 0.1) is 22.5 Å². The van der Waals surface area contributed by atoms with Crippen molar-refractivity contribution in [2.45, 2.75) is 32.0 Å². The van der Waals surface area contributed by atoms with Crippen LogP contribution in [0.4, 0.5) is 35.3 Å². The topological polar surface area (TPSA) is 102 Å². The quantitative estimate of drug-likeness (QED) is 0.253. The number of amides is 3. The monoisotopic (exact) mass is 603 g/mol. The Morgan fingerprint density at radius 1 is 1.02 bits per heavy atom. The minimum absolute atomic E-state index is 0.100. The van der Waals surface area contributed by atoms with E-state index >= 15 is 0 Å². The summed E-state index contributed by atoms with van der Waals surface area (Å²) in [5.74, 6) is -0.00444. The van der Waals surface area contributed by atoms with Crippen LogP contribution in [0.3, 0.4) is 0 Å². The van der Waals surface area contributed by atoms with Crippen LogP contribution in [0.1, 0.15) is 34.3 Å². The van der Waals surface area contributed by atoms with Gasteiger partial charge in [-0.1, -0.05) is 12.1 Å². The molecule has 3 amide bonds. The van der Waals surface area contributed by atoms with E-state index in [1.165, 1.54) is 11.0 Å². The first kappa shape index (κ1) is 29.4. The van der Waals surface area contributed by atoms with Crippen molar-refractivity contribution in [3.8, 4) is 11.1 Å². The number of fused-ring (bicyclic) bond motifs is 1. The zero-order chi connectivity index (χ0) is 31.0. The number of benzene rings is 3. The molecule has 4 aromatic rings. The molecule has 6 rings (SSSR count). The number of aromatic nitrogens is 2. The Morgan fingerprint density at radius 3 is 2.55 bits per heavy atom. The van der Waals surface area contributed by atoms with Crippen molar-refractivity contribution in [2.75, 3.05) is 48.8 Å². The van der Waals surface area contributed by atoms with Gasteiger partial charge in [-0.3, -0.25) is 9.69 Å². The fourth-order valence-electron chi connectivity index (χ4n) is 5.62. The minimum atomic E-state index is -4.62. The summed E-state index contributed by atoms with van der Waals surface area (Å²) >= 11 is 0. The summed E-state index contributed by atoms with van der Waals surface area (Å²) in [6.45, 7) is 4.59. The number of hydrogen-bond donors (Lipinski definition) is 3. The van der Waals surface area contributed by atoms with E-state index in [0.717, 1.165) is 65.7 Å². The van der Waals surface area contributed by atoms with E-state index in [2.05, 4.69) is 32.9 Å². The van der Waals surface area contributed by atoms with Crippen molar-refractivity contribution in [3.05, 3.63) is 77.5 Å². The third kappa shape index (κ3) is 6.16. The SMILES string of the molecule is Cc1ccc(C(=O)Nc2cc(C(F)(F)F)ccc2N2CCNC2=O)cc1-c1ccc2nc(NC3CCN(C)CC3)ncc2c1. The Morgan fingerprint density at radius 2 is 1.82 bits per heavy atom. The van der Waals surface area contributed by atoms with Crippen molar-refractivity contribution in [1.82, 2.24) is 20.2 Å². The van der Waals surface area contributed by atoms with Crippen molar-refractivity contribution >= 4 is 40.2 Å². The number of anilines is 3. The molecule has 3 aromatic carbocycles. The summed E-state index contributed by atoms with van der Waals surface area (Å²) in [5, 5.41) is 9.53. The number of hydrogen-bond acceptors (Lipinski definition) is 6. The zero-order valence-electron chi connectivity index (χ0n) is 24.3. The Balaban J connectivity index is 1.25. The predicted molar refractivity (Wildman–Crippen MR) is 164 cm³/mol. The molecule has 2 aliphatic heterocycles. The highest BCUT2D eigenvalue weighted by molar-refractivity contribution is 6.08. The number of nitrogens with zero attached hydrogens (tertiary/aromatic N) is 4. The molecule has 12 heteroatoms. The highest BCUT2D eigenvalue weighted by Crippen LogP contribution is 2.36. The second-order valence-electron chi connectivity index (χ2n) is 11.3. The number of carbonyl (C=O) groups is 2. The fraction of sp³-hybridized carbons (Fsp3) is 0.312. The average Bonchev–Trinajstić information content (AvgIpc) is 3.43. The van der Waals surface area contributed by atoms with Crippen LogP contribution in [0.5, 0.6) is 0 Å². The van der Waals surface area contributed by atoms with E-state index in [1.807, 2.05) is 25.1 Å². The van der Waals surface area contributed by atoms with E-state index in [0.29, 0.717) is 18.5 Å². The minimum Gasteiger partial charge on any atom is -0.351 e. The van der Waals surface area contributed by atoms with Crippen LogP contribution < -0.4 is 20.9 Å². The molecule has 0 spiro atoms. The maximum Gasteiger partial charge on any atom is 0.416 e. The van der Waals surface area contributed by atoms with Crippen LogP contribution in [0.15, 0.2) is 60.8 Å². The molecule has 228 valence electrons. The van der Waals surface area contributed by atoms with Crippen LogP contribution in [-0.4, -0.2) is 66.1 Å². The summed E-state index contributed by atoms with van der Waals surface area (Å²) in [7, 11) is 2.12. The maximum absolute atomic E-state index is 13.5. The van der Waals surface area contributed by atoms with Gasteiger partial charge in [-0.2, -0.15) is 13.2 Å². The van der Waals surface area contributed by atoms with Crippen LogP contribution in [-0.2, 0) is 6.18 Å². The average molecular weight is 604 g/mol. The van der Waals surface area contributed by atoms with Gasteiger partial charge in [-0.25, -0.2) is 14.8 Å². The fourth-order valence-corrected chi connectivity index (χ4v) is 5.62. The first-order chi connectivity index (χ1) is 21.0. The molecule has 0 atom stereocenters. The largest absolute Gasteiger partial charge is 0.416 e. The molecule has 0 bridgehead atoms. The second-order valence-corrected chi connectivity index (χ2v) is 11.3. The molecule has 2 saturated heterocycles. The number of piperidine rings is 1. The van der Waals surface area contributed by atoms with E-state index in [1.54, 1.807) is 24.4 Å². The number of likely N-dealkylation sites (tertiary alicyclic amines) is 1. The molecule has 3 heterocycles. The number of aryl methyl sites for hydroxylation is 1. The Hall–Kier alpha value is -4.71. The Bertz CT molecular complexity index is 1740. The molecule has 0 radical (unpaired) electrons. The van der Waals surface area contributed by atoms with Gasteiger partial charge in [-0.05, 0) is 99.1 Å².